The van der Waals surface area contributed by atoms with Crippen molar-refractivity contribution in [3.8, 4) is 5.75 Å². The molecule has 11 heteroatoms. The second-order valence-corrected chi connectivity index (χ2v) is 31.7. The van der Waals surface area contributed by atoms with Crippen LogP contribution in [0.2, 0.25) is 15.1 Å². The zero-order chi connectivity index (χ0) is 71.6. The van der Waals surface area contributed by atoms with Gasteiger partial charge in [-0.2, -0.15) is 0 Å². The number of ether oxygens (including phenoxy) is 2. The quantitative estimate of drug-likeness (QED) is 0.0202. The number of carbonyl (C=O) groups is 3. The van der Waals surface area contributed by atoms with Gasteiger partial charge in [-0.25, -0.2) is 0 Å². The number of carbonyl (C=O) groups excluding carboxylic acids is 3. The average molecular weight is 1410 g/mol. The number of amides is 2. The third-order valence-electron chi connectivity index (χ3n) is 19.7. The molecule has 0 saturated heterocycles. The highest BCUT2D eigenvalue weighted by molar-refractivity contribution is 6.31. The molecule has 532 valence electrons. The summed E-state index contributed by atoms with van der Waals surface area (Å²) in [5.74, 6) is -0.428. The van der Waals surface area contributed by atoms with E-state index >= 15 is 0 Å². The number of hydrogen-bond donors (Lipinski definition) is 3. The Morgan fingerprint density at radius 3 is 0.980 bits per heavy atom. The van der Waals surface area contributed by atoms with E-state index in [1.54, 1.807) is 36.4 Å². The van der Waals surface area contributed by atoms with E-state index in [1.165, 1.54) is 134 Å². The van der Waals surface area contributed by atoms with Gasteiger partial charge in [0.05, 0.1) is 30.6 Å². The summed E-state index contributed by atoms with van der Waals surface area (Å²) >= 11 is 18.9. The van der Waals surface area contributed by atoms with Gasteiger partial charge in [0.25, 0.3) is 0 Å². The molecule has 0 aliphatic heterocycles. The molecule has 8 aromatic carbocycles. The van der Waals surface area contributed by atoms with Crippen LogP contribution in [0.15, 0.2) is 194 Å². The Morgan fingerprint density at radius 2 is 0.630 bits per heavy atom. The standard InChI is InChI=1S/C89H110Cl3N3O5/c1-85(2,3)67-30-36-73(37-31-67)89(74-38-32-68(33-39-74)86(4,5)6,75-40-34-69(35-41-75)87(7,8)9)76-48-56-80(57-49-76)93-63-66-28-58-81(59-29-66)99-60-26-24-22-20-18-16-14-12-10-11-13-15-17-19-21-23-25-27-61-100-84(98)65-95-83(97)64-94-82(96)62-88(70-42-50-77(90)51-43-70,71-44-52-78(91)53-45-71)72-46-54-79(92)55-47-72/h28-59,93H,10-27,60-65H2,1-9H3,(H,94,96)(H,95,97). The van der Waals surface area contributed by atoms with Crippen molar-refractivity contribution in [1.29, 1.82) is 0 Å². The highest BCUT2D eigenvalue weighted by Crippen LogP contribution is 2.48. The second-order valence-electron chi connectivity index (χ2n) is 30.4. The summed E-state index contributed by atoms with van der Waals surface area (Å²) in [5.41, 5.74) is 12.3. The van der Waals surface area contributed by atoms with E-state index in [0.717, 1.165) is 67.0 Å². The third-order valence-corrected chi connectivity index (χ3v) is 20.4. The monoisotopic (exact) mass is 1410 g/mol. The fourth-order valence-corrected chi connectivity index (χ4v) is 14.0. The molecule has 0 saturated carbocycles. The van der Waals surface area contributed by atoms with Gasteiger partial charge < -0.3 is 25.4 Å². The zero-order valence-electron chi connectivity index (χ0n) is 61.1. The Bertz CT molecular complexity index is 3510. The molecule has 0 aliphatic rings. The van der Waals surface area contributed by atoms with Gasteiger partial charge in [-0.05, 0) is 151 Å². The highest BCUT2D eigenvalue weighted by Gasteiger charge is 2.41. The van der Waals surface area contributed by atoms with E-state index < -0.39 is 22.7 Å². The van der Waals surface area contributed by atoms with Crippen molar-refractivity contribution >= 4 is 58.3 Å². The van der Waals surface area contributed by atoms with E-state index in [9.17, 15) is 14.4 Å². The fraction of sp³-hybridized carbons (Fsp3) is 0.427. The molecule has 0 aromatic heterocycles. The van der Waals surface area contributed by atoms with Crippen molar-refractivity contribution in [1.82, 2.24) is 10.6 Å². The molecule has 8 aromatic rings. The molecule has 0 fully saturated rings. The van der Waals surface area contributed by atoms with Gasteiger partial charge in [-0.3, -0.25) is 14.4 Å². The SMILES string of the molecule is CC(C)(C)c1ccc(C(c2ccc(NCc3ccc(OCCCCCCCCCCCCCCCCCCCCOC(=O)CNC(=O)CNC(=O)CC(c4ccc(Cl)cc4)(c4ccc(Cl)cc4)c4ccc(Cl)cc4)cc3)cc2)(c2ccc(C(C)(C)C)cc2)c2ccc(C(C)(C)C)cc2)cc1. The predicted molar refractivity (Wildman–Crippen MR) is 419 cm³/mol. The van der Waals surface area contributed by atoms with Gasteiger partial charge in [0, 0.05) is 33.7 Å². The van der Waals surface area contributed by atoms with Crippen molar-refractivity contribution < 1.29 is 23.9 Å². The summed E-state index contributed by atoms with van der Waals surface area (Å²) in [5, 5.41) is 10.7. The van der Waals surface area contributed by atoms with Crippen molar-refractivity contribution in [2.75, 3.05) is 31.6 Å². The van der Waals surface area contributed by atoms with Gasteiger partial charge in [-0.1, -0.05) is 333 Å². The predicted octanol–water partition coefficient (Wildman–Crippen LogP) is 23.1. The van der Waals surface area contributed by atoms with E-state index in [2.05, 4.69) is 200 Å². The van der Waals surface area contributed by atoms with Gasteiger partial charge >= 0.3 is 5.97 Å². The summed E-state index contributed by atoms with van der Waals surface area (Å²) in [4.78, 5) is 38.9. The van der Waals surface area contributed by atoms with Gasteiger partial charge in [-0.15, -0.1) is 0 Å². The van der Waals surface area contributed by atoms with Gasteiger partial charge in [0.1, 0.15) is 12.3 Å². The molecule has 8 rings (SSSR count). The molecule has 0 heterocycles. The second kappa shape index (κ2) is 38.1. The summed E-state index contributed by atoms with van der Waals surface area (Å²) in [6, 6.07) is 67.9. The van der Waals surface area contributed by atoms with Gasteiger partial charge in [0.2, 0.25) is 11.8 Å². The van der Waals surface area contributed by atoms with Crippen molar-refractivity contribution in [2.45, 2.75) is 218 Å². The highest BCUT2D eigenvalue weighted by atomic mass is 35.5. The summed E-state index contributed by atoms with van der Waals surface area (Å²) in [6.07, 6.45) is 22.1. The molecule has 0 atom stereocenters. The van der Waals surface area contributed by atoms with Crippen LogP contribution in [0, 0.1) is 0 Å². The number of unbranched alkanes of at least 4 members (excludes halogenated alkanes) is 17. The molecule has 3 N–H and O–H groups in total. The molecule has 2 amide bonds. The number of benzene rings is 8. The van der Waals surface area contributed by atoms with E-state index in [1.807, 2.05) is 36.4 Å². The molecule has 100 heavy (non-hydrogen) atoms. The maximum absolute atomic E-state index is 13.7. The molecule has 0 unspecified atom stereocenters. The first-order valence-corrected chi connectivity index (χ1v) is 37.9. The zero-order valence-corrected chi connectivity index (χ0v) is 63.4. The van der Waals surface area contributed by atoms with Crippen molar-refractivity contribution in [3.63, 3.8) is 0 Å². The average Bonchev–Trinajstić information content (AvgIpc) is 0.733. The molecule has 0 spiro atoms. The van der Waals surface area contributed by atoms with Crippen molar-refractivity contribution in [3.05, 3.63) is 270 Å². The third kappa shape index (κ3) is 23.1. The first-order valence-electron chi connectivity index (χ1n) is 36.8. The van der Waals surface area contributed by atoms with Crippen LogP contribution < -0.4 is 20.7 Å². The Labute approximate surface area is 614 Å². The van der Waals surface area contributed by atoms with E-state index in [4.69, 9.17) is 44.3 Å². The van der Waals surface area contributed by atoms with Crippen LogP contribution in [0.1, 0.15) is 246 Å². The minimum atomic E-state index is -0.966. The van der Waals surface area contributed by atoms with Crippen LogP contribution in [0.3, 0.4) is 0 Å². The normalized spacial score (nSPS) is 12.1. The number of halogens is 3. The lowest BCUT2D eigenvalue weighted by atomic mass is 9.64. The number of rotatable bonds is 38. The fourth-order valence-electron chi connectivity index (χ4n) is 13.6. The maximum Gasteiger partial charge on any atom is 0.325 e. The van der Waals surface area contributed by atoms with E-state index in [0.29, 0.717) is 21.7 Å². The number of hydrogen-bond acceptors (Lipinski definition) is 6. The topological polar surface area (TPSA) is 106 Å². The molecular weight excluding hydrogens is 1300 g/mol. The Hall–Kier alpha value is -7.36. The van der Waals surface area contributed by atoms with Crippen LogP contribution in [0.5, 0.6) is 5.75 Å². The molecule has 0 aliphatic carbocycles. The van der Waals surface area contributed by atoms with Crippen LogP contribution in [-0.2, 0) is 52.7 Å². The first kappa shape index (κ1) is 78.4. The summed E-state index contributed by atoms with van der Waals surface area (Å²) in [7, 11) is 0. The van der Waals surface area contributed by atoms with Crippen LogP contribution in [0.25, 0.3) is 0 Å². The van der Waals surface area contributed by atoms with Gasteiger partial charge in [0.15, 0.2) is 0 Å². The minimum Gasteiger partial charge on any atom is -0.494 e. The molecular formula is C89H110Cl3N3O5. The minimum absolute atomic E-state index is 0.0326. The number of esters is 1. The first-order chi connectivity index (χ1) is 47.9. The van der Waals surface area contributed by atoms with Crippen LogP contribution in [0.4, 0.5) is 5.69 Å². The largest absolute Gasteiger partial charge is 0.494 e. The summed E-state index contributed by atoms with van der Waals surface area (Å²) in [6.45, 7) is 21.8. The lowest BCUT2D eigenvalue weighted by Crippen LogP contribution is -2.42. The Kier molecular flexibility index (Phi) is 29.8. The lowest BCUT2D eigenvalue weighted by Gasteiger charge is -2.38. The Morgan fingerprint density at radius 1 is 0.330 bits per heavy atom. The maximum atomic E-state index is 13.7. The number of nitrogens with one attached hydrogen (secondary N) is 3. The Balaban J connectivity index is 0.633. The van der Waals surface area contributed by atoms with E-state index in [-0.39, 0.29) is 41.7 Å². The van der Waals surface area contributed by atoms with Crippen molar-refractivity contribution in [2.24, 2.45) is 0 Å². The summed E-state index contributed by atoms with van der Waals surface area (Å²) < 4.78 is 11.6. The smallest absolute Gasteiger partial charge is 0.325 e. The molecule has 8 nitrogen and oxygen atoms in total. The molecule has 0 bridgehead atoms. The van der Waals surface area contributed by atoms with Crippen LogP contribution in [-0.4, -0.2) is 44.1 Å². The molecule has 0 radical (unpaired) electrons. The number of anilines is 1. The van der Waals surface area contributed by atoms with Crippen LogP contribution >= 0.6 is 34.8 Å². The lowest BCUT2D eigenvalue weighted by molar-refractivity contribution is -0.144.